The Bertz CT molecular complexity index is 782. The van der Waals surface area contributed by atoms with Crippen molar-refractivity contribution in [3.05, 3.63) is 60.7 Å². The van der Waals surface area contributed by atoms with Crippen molar-refractivity contribution in [2.75, 3.05) is 5.73 Å². The minimum atomic E-state index is 0.0649. The maximum Gasteiger partial charge on any atom is 0.143 e. The monoisotopic (exact) mass is 263 g/mol. The number of hydrogen-bond acceptors (Lipinski definition) is 4. The topological polar surface area (TPSA) is 71.0 Å². The highest BCUT2D eigenvalue weighted by Crippen LogP contribution is 2.38. The average Bonchev–Trinajstić information content (AvgIpc) is 2.48. The van der Waals surface area contributed by atoms with E-state index in [0.29, 0.717) is 16.8 Å². The van der Waals surface area contributed by atoms with Crippen LogP contribution in [-0.2, 0) is 0 Å². The number of phenols is 1. The van der Waals surface area contributed by atoms with Gasteiger partial charge in [0.25, 0.3) is 0 Å². The molecular weight excluding hydrogens is 250 g/mol. The molecule has 0 bridgehead atoms. The minimum absolute atomic E-state index is 0.0649. The van der Waals surface area contributed by atoms with Gasteiger partial charge >= 0.3 is 0 Å². The normalized spacial score (nSPS) is 11.2. The third-order valence-corrected chi connectivity index (χ3v) is 3.05. The summed E-state index contributed by atoms with van der Waals surface area (Å²) in [5.74, 6) is 0.0649. The number of phenolic OH excluding ortho intramolecular Hbond substituents is 1. The lowest BCUT2D eigenvalue weighted by molar-refractivity contribution is 0.477. The lowest BCUT2D eigenvalue weighted by Crippen LogP contribution is -1.86. The highest BCUT2D eigenvalue weighted by atomic mass is 16.3. The van der Waals surface area contributed by atoms with E-state index in [-0.39, 0.29) is 5.75 Å². The van der Waals surface area contributed by atoms with Crippen molar-refractivity contribution in [3.63, 3.8) is 0 Å². The number of aromatic hydroxyl groups is 1. The Kier molecular flexibility index (Phi) is 3.05. The van der Waals surface area contributed by atoms with E-state index < -0.39 is 0 Å². The summed E-state index contributed by atoms with van der Waals surface area (Å²) in [4.78, 5) is 0. The lowest BCUT2D eigenvalue weighted by atomic mass is 10.1. The van der Waals surface area contributed by atoms with Crippen molar-refractivity contribution in [3.8, 4) is 5.75 Å². The minimum Gasteiger partial charge on any atom is -0.506 e. The fraction of sp³-hybridized carbons (Fsp3) is 0. The molecular formula is C16H13N3O. The maximum atomic E-state index is 10.0. The molecule has 0 aromatic heterocycles. The van der Waals surface area contributed by atoms with Gasteiger partial charge in [-0.2, -0.15) is 5.11 Å². The van der Waals surface area contributed by atoms with Crippen LogP contribution in [0.15, 0.2) is 70.9 Å². The van der Waals surface area contributed by atoms with Gasteiger partial charge in [0, 0.05) is 11.1 Å². The number of nitrogens with two attached hydrogens (primary N) is 1. The molecule has 0 saturated carbocycles. The first-order chi connectivity index (χ1) is 9.75. The van der Waals surface area contributed by atoms with Crippen LogP contribution in [0.1, 0.15) is 0 Å². The molecule has 3 rings (SSSR count). The van der Waals surface area contributed by atoms with Crippen LogP contribution in [0, 0.1) is 0 Å². The molecule has 3 aromatic rings. The molecule has 0 fully saturated rings. The Hall–Kier alpha value is -2.88. The third-order valence-electron chi connectivity index (χ3n) is 3.05. The molecule has 0 aliphatic heterocycles. The predicted octanol–water partition coefficient (Wildman–Crippen LogP) is 4.54. The van der Waals surface area contributed by atoms with Crippen molar-refractivity contribution >= 4 is 27.8 Å². The van der Waals surface area contributed by atoms with Crippen LogP contribution in [0.5, 0.6) is 5.75 Å². The highest BCUT2D eigenvalue weighted by Gasteiger charge is 2.09. The second kappa shape index (κ2) is 5.01. The molecule has 0 aliphatic rings. The summed E-state index contributed by atoms with van der Waals surface area (Å²) >= 11 is 0. The summed E-state index contributed by atoms with van der Waals surface area (Å²) < 4.78 is 0. The van der Waals surface area contributed by atoms with Gasteiger partial charge in [-0.15, -0.1) is 5.11 Å². The van der Waals surface area contributed by atoms with E-state index in [2.05, 4.69) is 10.2 Å². The van der Waals surface area contributed by atoms with Crippen LogP contribution in [0.3, 0.4) is 0 Å². The van der Waals surface area contributed by atoms with Crippen LogP contribution in [-0.4, -0.2) is 5.11 Å². The van der Waals surface area contributed by atoms with Crippen molar-refractivity contribution in [1.82, 2.24) is 0 Å². The second-order valence-corrected chi connectivity index (χ2v) is 4.41. The Morgan fingerprint density at radius 3 is 2.40 bits per heavy atom. The molecule has 0 unspecified atom stereocenters. The van der Waals surface area contributed by atoms with Gasteiger partial charge in [-0.1, -0.05) is 36.4 Å². The summed E-state index contributed by atoms with van der Waals surface area (Å²) in [6.07, 6.45) is 0. The van der Waals surface area contributed by atoms with E-state index in [9.17, 15) is 5.11 Å². The Balaban J connectivity index is 2.16. The lowest BCUT2D eigenvalue weighted by Gasteiger charge is -2.06. The quantitative estimate of drug-likeness (QED) is 0.526. The molecule has 3 N–H and O–H groups in total. The molecule has 4 heteroatoms. The Morgan fingerprint density at radius 2 is 1.60 bits per heavy atom. The fourth-order valence-electron chi connectivity index (χ4n) is 2.08. The third kappa shape index (κ3) is 2.19. The smallest absolute Gasteiger partial charge is 0.143 e. The zero-order valence-electron chi connectivity index (χ0n) is 10.7. The van der Waals surface area contributed by atoms with Crippen LogP contribution in [0.2, 0.25) is 0 Å². The summed E-state index contributed by atoms with van der Waals surface area (Å²) in [5.41, 5.74) is 7.67. The molecule has 0 amide bonds. The zero-order chi connectivity index (χ0) is 13.9. The summed E-state index contributed by atoms with van der Waals surface area (Å²) in [6.45, 7) is 0. The Morgan fingerprint density at radius 1 is 0.800 bits per heavy atom. The average molecular weight is 263 g/mol. The summed E-state index contributed by atoms with van der Waals surface area (Å²) in [6, 6.07) is 18.3. The van der Waals surface area contributed by atoms with Gasteiger partial charge in [0.05, 0.1) is 5.69 Å². The molecule has 98 valence electrons. The van der Waals surface area contributed by atoms with Gasteiger partial charge in [-0.25, -0.2) is 0 Å². The van der Waals surface area contributed by atoms with E-state index in [1.807, 2.05) is 48.5 Å². The number of hydrogen-bond donors (Lipinski definition) is 2. The van der Waals surface area contributed by atoms with Gasteiger partial charge in [0.2, 0.25) is 0 Å². The second-order valence-electron chi connectivity index (χ2n) is 4.41. The number of azo groups is 1. The number of anilines is 1. The first kappa shape index (κ1) is 12.2. The van der Waals surface area contributed by atoms with E-state index in [4.69, 9.17) is 5.73 Å². The number of fused-ring (bicyclic) bond motifs is 1. The molecule has 0 atom stereocenters. The molecule has 0 spiro atoms. The molecule has 0 heterocycles. The summed E-state index contributed by atoms with van der Waals surface area (Å²) in [7, 11) is 0. The Labute approximate surface area is 116 Å². The van der Waals surface area contributed by atoms with Gasteiger partial charge in [0.15, 0.2) is 0 Å². The van der Waals surface area contributed by atoms with Gasteiger partial charge in [-0.3, -0.25) is 0 Å². The standard InChI is InChI=1S/C16H13N3O/c17-13-8-4-5-11-9-10-14(20)16(15(11)13)19-18-12-6-2-1-3-7-12/h1-10,20H,17H2. The molecule has 20 heavy (non-hydrogen) atoms. The maximum absolute atomic E-state index is 10.0. The van der Waals surface area contributed by atoms with E-state index in [1.165, 1.54) is 0 Å². The zero-order valence-corrected chi connectivity index (χ0v) is 10.7. The first-order valence-corrected chi connectivity index (χ1v) is 6.22. The number of rotatable bonds is 2. The largest absolute Gasteiger partial charge is 0.506 e. The van der Waals surface area contributed by atoms with Crippen molar-refractivity contribution in [2.45, 2.75) is 0 Å². The fourth-order valence-corrected chi connectivity index (χ4v) is 2.08. The number of nitrogens with zero attached hydrogens (tertiary/aromatic N) is 2. The van der Waals surface area contributed by atoms with Crippen LogP contribution < -0.4 is 5.73 Å². The van der Waals surface area contributed by atoms with Crippen molar-refractivity contribution < 1.29 is 5.11 Å². The first-order valence-electron chi connectivity index (χ1n) is 6.22. The van der Waals surface area contributed by atoms with Crippen molar-refractivity contribution in [1.29, 1.82) is 0 Å². The van der Waals surface area contributed by atoms with Gasteiger partial charge in [0.1, 0.15) is 11.4 Å². The molecule has 0 aliphatic carbocycles. The van der Waals surface area contributed by atoms with E-state index in [1.54, 1.807) is 12.1 Å². The SMILES string of the molecule is Nc1cccc2ccc(O)c(N=Nc3ccccc3)c12. The molecule has 0 radical (unpaired) electrons. The number of nitrogen functional groups attached to an aromatic ring is 1. The molecule has 3 aromatic carbocycles. The van der Waals surface area contributed by atoms with Crippen LogP contribution in [0.4, 0.5) is 17.1 Å². The van der Waals surface area contributed by atoms with Crippen LogP contribution >= 0.6 is 0 Å². The predicted molar refractivity (Wildman–Crippen MR) is 80.6 cm³/mol. The van der Waals surface area contributed by atoms with Crippen LogP contribution in [0.25, 0.3) is 10.8 Å². The highest BCUT2D eigenvalue weighted by molar-refractivity contribution is 6.03. The van der Waals surface area contributed by atoms with E-state index >= 15 is 0 Å². The molecule has 0 saturated heterocycles. The van der Waals surface area contributed by atoms with Gasteiger partial charge < -0.3 is 10.8 Å². The molecule has 4 nitrogen and oxygen atoms in total. The van der Waals surface area contributed by atoms with Gasteiger partial charge in [-0.05, 0) is 29.7 Å². The number of benzene rings is 3. The van der Waals surface area contributed by atoms with Crippen molar-refractivity contribution in [2.24, 2.45) is 10.2 Å². The van der Waals surface area contributed by atoms with E-state index in [0.717, 1.165) is 11.1 Å². The summed E-state index contributed by atoms with van der Waals surface area (Å²) in [5, 5.41) is 19.9.